The van der Waals surface area contributed by atoms with E-state index in [2.05, 4.69) is 6.92 Å². The second kappa shape index (κ2) is 25.0. The lowest BCUT2D eigenvalue weighted by atomic mass is 11.0. The van der Waals surface area contributed by atoms with Crippen LogP contribution >= 0.6 is 12.4 Å². The summed E-state index contributed by atoms with van der Waals surface area (Å²) in [5.74, 6) is 0. The van der Waals surface area contributed by atoms with Gasteiger partial charge in [-0.1, -0.05) is 13.0 Å². The molecule has 0 aliphatic rings. The minimum absolute atomic E-state index is 0. The maximum atomic E-state index is 2.19. The van der Waals surface area contributed by atoms with E-state index in [0.29, 0.717) is 0 Å². The Morgan fingerprint density at radius 2 is 1.60 bits per heavy atom. The average Bonchev–Trinajstić information content (AvgIpc) is 0.918. The van der Waals surface area contributed by atoms with E-state index >= 15 is 0 Å². The molecule has 0 aromatic carbocycles. The summed E-state index contributed by atoms with van der Waals surface area (Å²) in [6.45, 7) is 2.19. The molecule has 0 fully saturated rings. The van der Waals surface area contributed by atoms with Crippen LogP contribution in [0.25, 0.3) is 0 Å². The van der Waals surface area contributed by atoms with Crippen molar-refractivity contribution >= 4 is 22.6 Å². The van der Waals surface area contributed by atoms with Crippen LogP contribution in [-0.4, -0.2) is 10.2 Å². The van der Waals surface area contributed by atoms with E-state index in [-0.39, 0.29) is 18.6 Å². The highest BCUT2D eigenvalue weighted by atomic mass is 35.5. The SMILES string of the molecule is CC[SiH3].Cl.N. The van der Waals surface area contributed by atoms with Gasteiger partial charge in [-0.2, -0.15) is 0 Å². The molecule has 0 aromatic heterocycles. The first-order valence-electron chi connectivity index (χ1n) is 1.41. The van der Waals surface area contributed by atoms with E-state index in [9.17, 15) is 0 Å². The van der Waals surface area contributed by atoms with E-state index in [1.165, 1.54) is 16.3 Å². The quantitative estimate of drug-likeness (QED) is 0.453. The second-order valence-corrected chi connectivity index (χ2v) is 2.12. The largest absolute Gasteiger partial charge is 0.344 e. The van der Waals surface area contributed by atoms with Gasteiger partial charge < -0.3 is 6.15 Å². The van der Waals surface area contributed by atoms with Crippen LogP contribution in [0.4, 0.5) is 0 Å². The van der Waals surface area contributed by atoms with E-state index in [4.69, 9.17) is 0 Å². The molecule has 1 nitrogen and oxygen atoms in total. The summed E-state index contributed by atoms with van der Waals surface area (Å²) in [7, 11) is 1.37. The molecular formula is C2H12ClNSi. The van der Waals surface area contributed by atoms with Crippen LogP contribution in [0.5, 0.6) is 0 Å². The summed E-state index contributed by atoms with van der Waals surface area (Å²) in [6, 6.07) is 1.39. The molecule has 5 heavy (non-hydrogen) atoms. The van der Waals surface area contributed by atoms with Crippen molar-refractivity contribution in [3.8, 4) is 0 Å². The Labute approximate surface area is 42.6 Å². The van der Waals surface area contributed by atoms with Gasteiger partial charge >= 0.3 is 0 Å². The first-order valence-corrected chi connectivity index (χ1v) is 2.83. The molecular weight excluding hydrogens is 102 g/mol. The van der Waals surface area contributed by atoms with Crippen LogP contribution in [0.3, 0.4) is 0 Å². The number of hydrogen-bond acceptors (Lipinski definition) is 1. The van der Waals surface area contributed by atoms with Gasteiger partial charge in [0.05, 0.1) is 0 Å². The molecule has 0 radical (unpaired) electrons. The van der Waals surface area contributed by atoms with Crippen molar-refractivity contribution < 1.29 is 0 Å². The smallest absolute Gasteiger partial charge is 0.00244 e. The average molecular weight is 114 g/mol. The maximum Gasteiger partial charge on any atom is 0.00244 e. The fourth-order valence-corrected chi connectivity index (χ4v) is 0. The predicted molar refractivity (Wildman–Crippen MR) is 32.7 cm³/mol. The molecule has 0 bridgehead atoms. The molecule has 0 heterocycles. The Morgan fingerprint density at radius 3 is 1.60 bits per heavy atom. The number of halogens is 1. The lowest BCUT2D eigenvalue weighted by Crippen LogP contribution is -1.41. The Hall–Kier alpha value is 0.467. The molecule has 0 rings (SSSR count). The van der Waals surface area contributed by atoms with Gasteiger partial charge in [0.2, 0.25) is 0 Å². The topological polar surface area (TPSA) is 35.0 Å². The van der Waals surface area contributed by atoms with Crippen LogP contribution in [0.15, 0.2) is 0 Å². The summed E-state index contributed by atoms with van der Waals surface area (Å²) in [5, 5.41) is 0. The van der Waals surface area contributed by atoms with E-state index < -0.39 is 0 Å². The van der Waals surface area contributed by atoms with E-state index in [1.807, 2.05) is 0 Å². The summed E-state index contributed by atoms with van der Waals surface area (Å²) in [5.41, 5.74) is 0. The molecule has 0 saturated heterocycles. The van der Waals surface area contributed by atoms with Crippen molar-refractivity contribution in [3.05, 3.63) is 0 Å². The van der Waals surface area contributed by atoms with Gasteiger partial charge in [0, 0.05) is 10.2 Å². The fraction of sp³-hybridized carbons (Fsp3) is 1.00. The maximum absolute atomic E-state index is 2.19. The van der Waals surface area contributed by atoms with Crippen LogP contribution in [0.2, 0.25) is 6.04 Å². The van der Waals surface area contributed by atoms with Crippen LogP contribution in [0.1, 0.15) is 6.92 Å². The van der Waals surface area contributed by atoms with Crippen molar-refractivity contribution in [2.24, 2.45) is 0 Å². The number of hydrogen-bond donors (Lipinski definition) is 1. The number of rotatable bonds is 0. The molecule has 0 saturated carbocycles. The van der Waals surface area contributed by atoms with Crippen LogP contribution in [-0.2, 0) is 0 Å². The van der Waals surface area contributed by atoms with Gasteiger partial charge in [-0.05, 0) is 0 Å². The Bertz CT molecular complexity index is 9.61. The minimum Gasteiger partial charge on any atom is -0.344 e. The summed E-state index contributed by atoms with van der Waals surface area (Å²) < 4.78 is 0. The van der Waals surface area contributed by atoms with Crippen molar-refractivity contribution in [2.75, 3.05) is 0 Å². The summed E-state index contributed by atoms with van der Waals surface area (Å²) in [4.78, 5) is 0. The molecule has 0 aromatic rings. The van der Waals surface area contributed by atoms with Crippen molar-refractivity contribution in [1.29, 1.82) is 0 Å². The first kappa shape index (κ1) is 17.9. The van der Waals surface area contributed by atoms with Crippen molar-refractivity contribution in [2.45, 2.75) is 13.0 Å². The third-order valence-electron chi connectivity index (χ3n) is 0. The molecule has 36 valence electrons. The van der Waals surface area contributed by atoms with E-state index in [1.54, 1.807) is 0 Å². The third kappa shape index (κ3) is 125. The summed E-state index contributed by atoms with van der Waals surface area (Å²) in [6.07, 6.45) is 0. The standard InChI is InChI=1S/C2H8Si.ClH.H3N/c1-2-3;;/h2H2,1,3H3;1H;1H3. The molecule has 3 N–H and O–H groups in total. The molecule has 3 heteroatoms. The zero-order valence-corrected chi connectivity index (χ0v) is 6.64. The van der Waals surface area contributed by atoms with Crippen molar-refractivity contribution in [3.63, 3.8) is 0 Å². The van der Waals surface area contributed by atoms with Gasteiger partial charge in [-0.25, -0.2) is 0 Å². The van der Waals surface area contributed by atoms with Crippen LogP contribution < -0.4 is 6.15 Å². The van der Waals surface area contributed by atoms with Crippen LogP contribution in [0, 0.1) is 0 Å². The zero-order chi connectivity index (χ0) is 2.71. The van der Waals surface area contributed by atoms with Gasteiger partial charge in [0.1, 0.15) is 0 Å². The normalized spacial score (nSPS) is 4.20. The van der Waals surface area contributed by atoms with Crippen molar-refractivity contribution in [1.82, 2.24) is 6.15 Å². The molecule has 0 unspecified atom stereocenters. The molecule has 0 atom stereocenters. The highest BCUT2D eigenvalue weighted by Gasteiger charge is 1.36. The Kier molecular flexibility index (Phi) is 89.4. The first-order chi connectivity index (χ1) is 1.41. The fourth-order valence-electron chi connectivity index (χ4n) is 0. The van der Waals surface area contributed by atoms with Gasteiger partial charge in [0.25, 0.3) is 0 Å². The molecule has 0 aliphatic heterocycles. The molecule has 0 aliphatic carbocycles. The zero-order valence-electron chi connectivity index (χ0n) is 3.82. The van der Waals surface area contributed by atoms with E-state index in [0.717, 1.165) is 0 Å². The monoisotopic (exact) mass is 113 g/mol. The lowest BCUT2D eigenvalue weighted by Gasteiger charge is -1.47. The van der Waals surface area contributed by atoms with Gasteiger partial charge in [-0.3, -0.25) is 0 Å². The minimum atomic E-state index is 0. The third-order valence-corrected chi connectivity index (χ3v) is 0. The second-order valence-electron chi connectivity index (χ2n) is 0.707. The Morgan fingerprint density at radius 1 is 1.60 bits per heavy atom. The highest BCUT2D eigenvalue weighted by Crippen LogP contribution is 1.49. The van der Waals surface area contributed by atoms with Gasteiger partial charge in [-0.15, -0.1) is 12.4 Å². The predicted octanol–water partition coefficient (Wildman–Crippen LogP) is 0.374. The Balaban J connectivity index is -0.0000000200. The molecule has 0 spiro atoms. The summed E-state index contributed by atoms with van der Waals surface area (Å²) >= 11 is 0. The highest BCUT2D eigenvalue weighted by molar-refractivity contribution is 6.08. The van der Waals surface area contributed by atoms with Gasteiger partial charge in [0.15, 0.2) is 0 Å². The molecule has 0 amide bonds. The lowest BCUT2D eigenvalue weighted by molar-refractivity contribution is 1.48.